The Balaban J connectivity index is 2.41. The number of nitrogens with one attached hydrogen (secondary N) is 1. The van der Waals surface area contributed by atoms with Crippen LogP contribution in [0.25, 0.3) is 0 Å². The summed E-state index contributed by atoms with van der Waals surface area (Å²) in [4.78, 5) is 3.85. The van der Waals surface area contributed by atoms with Crippen LogP contribution in [-0.2, 0) is 0 Å². The highest BCUT2D eigenvalue weighted by Gasteiger charge is 1.92. The number of rotatable bonds is 6. The van der Waals surface area contributed by atoms with E-state index in [1.165, 1.54) is 0 Å². The maximum Gasteiger partial charge on any atom is 0.119 e. The monoisotopic (exact) mass is 218 g/mol. The Morgan fingerprint density at radius 1 is 1.25 bits per heavy atom. The molecule has 0 aliphatic heterocycles. The van der Waals surface area contributed by atoms with Gasteiger partial charge in [-0.25, -0.2) is 0 Å². The quantitative estimate of drug-likeness (QED) is 0.452. The van der Waals surface area contributed by atoms with E-state index in [2.05, 4.69) is 23.3 Å². The topological polar surface area (TPSA) is 33.6 Å². The van der Waals surface area contributed by atoms with Crippen molar-refractivity contribution in [1.82, 2.24) is 0 Å². The van der Waals surface area contributed by atoms with Crippen molar-refractivity contribution in [3.05, 3.63) is 36.4 Å². The van der Waals surface area contributed by atoms with Gasteiger partial charge in [0.1, 0.15) is 12.4 Å². The minimum absolute atomic E-state index is 0.622. The summed E-state index contributed by atoms with van der Waals surface area (Å²) < 4.78 is 5.52. The predicted octanol–water partition coefficient (Wildman–Crippen LogP) is 3.10. The molecular weight excluding hydrogens is 200 g/mol. The van der Waals surface area contributed by atoms with Crippen molar-refractivity contribution in [2.75, 3.05) is 19.0 Å². The third-order valence-corrected chi connectivity index (χ3v) is 1.96. The van der Waals surface area contributed by atoms with E-state index in [-0.39, 0.29) is 0 Å². The van der Waals surface area contributed by atoms with Gasteiger partial charge in [0.25, 0.3) is 0 Å². The molecule has 0 bridgehead atoms. The fourth-order valence-corrected chi connectivity index (χ4v) is 1.17. The van der Waals surface area contributed by atoms with Gasteiger partial charge in [-0.2, -0.15) is 0 Å². The molecule has 0 aliphatic rings. The third kappa shape index (κ3) is 4.64. The Kier molecular flexibility index (Phi) is 5.78. The van der Waals surface area contributed by atoms with Gasteiger partial charge in [0.15, 0.2) is 0 Å². The van der Waals surface area contributed by atoms with E-state index < -0.39 is 0 Å². The minimum Gasteiger partial charge on any atom is -0.490 e. The fourth-order valence-electron chi connectivity index (χ4n) is 1.17. The van der Waals surface area contributed by atoms with Gasteiger partial charge >= 0.3 is 0 Å². The molecule has 1 aromatic rings. The molecule has 0 atom stereocenters. The van der Waals surface area contributed by atoms with Crippen LogP contribution in [0, 0.1) is 0 Å². The molecule has 16 heavy (non-hydrogen) atoms. The van der Waals surface area contributed by atoms with E-state index in [1.54, 1.807) is 13.4 Å². The Morgan fingerprint density at radius 2 is 2.00 bits per heavy atom. The SMILES string of the molecule is CC/C=C/COc1ccc(NC=NC)cc1. The Bertz CT molecular complexity index is 341. The Morgan fingerprint density at radius 3 is 2.62 bits per heavy atom. The smallest absolute Gasteiger partial charge is 0.119 e. The molecule has 0 spiro atoms. The molecule has 1 rings (SSSR count). The lowest BCUT2D eigenvalue weighted by Crippen LogP contribution is -1.96. The highest BCUT2D eigenvalue weighted by atomic mass is 16.5. The van der Waals surface area contributed by atoms with Gasteiger partial charge in [-0.3, -0.25) is 4.99 Å². The van der Waals surface area contributed by atoms with Crippen molar-refractivity contribution in [3.8, 4) is 5.75 Å². The maximum absolute atomic E-state index is 5.52. The van der Waals surface area contributed by atoms with E-state index >= 15 is 0 Å². The highest BCUT2D eigenvalue weighted by Crippen LogP contribution is 2.14. The maximum atomic E-state index is 5.52. The third-order valence-electron chi connectivity index (χ3n) is 1.96. The zero-order chi connectivity index (χ0) is 11.6. The second-order valence-corrected chi connectivity index (χ2v) is 3.25. The second kappa shape index (κ2) is 7.51. The van der Waals surface area contributed by atoms with Crippen LogP contribution in [0.4, 0.5) is 5.69 Å². The molecule has 0 saturated carbocycles. The molecule has 0 heterocycles. The van der Waals surface area contributed by atoms with Crippen molar-refractivity contribution in [2.24, 2.45) is 4.99 Å². The van der Waals surface area contributed by atoms with E-state index in [9.17, 15) is 0 Å². The first kappa shape index (κ1) is 12.3. The summed E-state index contributed by atoms with van der Waals surface area (Å²) >= 11 is 0. The molecule has 1 aromatic carbocycles. The number of anilines is 1. The summed E-state index contributed by atoms with van der Waals surface area (Å²) in [5.74, 6) is 0.875. The van der Waals surface area contributed by atoms with Crippen LogP contribution in [0.5, 0.6) is 5.75 Å². The molecule has 1 N–H and O–H groups in total. The summed E-state index contributed by atoms with van der Waals surface area (Å²) in [7, 11) is 1.73. The number of hydrogen-bond acceptors (Lipinski definition) is 2. The van der Waals surface area contributed by atoms with Crippen molar-refractivity contribution < 1.29 is 4.74 Å². The van der Waals surface area contributed by atoms with Crippen molar-refractivity contribution in [3.63, 3.8) is 0 Å². The van der Waals surface area contributed by atoms with Crippen LogP contribution >= 0.6 is 0 Å². The molecule has 86 valence electrons. The van der Waals surface area contributed by atoms with Crippen LogP contribution < -0.4 is 10.1 Å². The molecule has 0 aromatic heterocycles. The lowest BCUT2D eigenvalue weighted by atomic mass is 10.3. The molecule has 0 fully saturated rings. The number of ether oxygens (including phenoxy) is 1. The van der Waals surface area contributed by atoms with Gasteiger partial charge in [-0.1, -0.05) is 19.1 Å². The van der Waals surface area contributed by atoms with E-state index in [0.29, 0.717) is 6.61 Å². The van der Waals surface area contributed by atoms with Crippen LogP contribution in [0.2, 0.25) is 0 Å². The van der Waals surface area contributed by atoms with Crippen molar-refractivity contribution in [2.45, 2.75) is 13.3 Å². The molecule has 0 radical (unpaired) electrons. The summed E-state index contributed by atoms with van der Waals surface area (Å²) in [6.07, 6.45) is 6.81. The van der Waals surface area contributed by atoms with Crippen molar-refractivity contribution in [1.29, 1.82) is 0 Å². The number of hydrogen-bond donors (Lipinski definition) is 1. The standard InChI is InChI=1S/C13H18N2O/c1-3-4-5-10-16-13-8-6-12(7-9-13)15-11-14-2/h4-9,11H,3,10H2,1-2H3,(H,14,15)/b5-4+. The number of nitrogens with zero attached hydrogens (tertiary/aromatic N) is 1. The first-order chi connectivity index (χ1) is 7.86. The van der Waals surface area contributed by atoms with Crippen LogP contribution in [0.1, 0.15) is 13.3 Å². The first-order valence-electron chi connectivity index (χ1n) is 5.42. The Labute approximate surface area is 96.9 Å². The molecular formula is C13H18N2O. The van der Waals surface area contributed by atoms with Gasteiger partial charge < -0.3 is 10.1 Å². The van der Waals surface area contributed by atoms with E-state index in [0.717, 1.165) is 17.9 Å². The lowest BCUT2D eigenvalue weighted by Gasteiger charge is -2.04. The zero-order valence-electron chi connectivity index (χ0n) is 9.81. The van der Waals surface area contributed by atoms with Crippen LogP contribution in [-0.4, -0.2) is 20.0 Å². The van der Waals surface area contributed by atoms with E-state index in [1.807, 2.05) is 30.3 Å². The average Bonchev–Trinajstić information content (AvgIpc) is 2.33. The van der Waals surface area contributed by atoms with Crippen LogP contribution in [0.15, 0.2) is 41.4 Å². The molecule has 3 nitrogen and oxygen atoms in total. The first-order valence-corrected chi connectivity index (χ1v) is 5.42. The van der Waals surface area contributed by atoms with Gasteiger partial charge in [0.05, 0.1) is 6.34 Å². The molecule has 0 unspecified atom stereocenters. The predicted molar refractivity (Wildman–Crippen MR) is 69.4 cm³/mol. The van der Waals surface area contributed by atoms with Gasteiger partial charge in [0, 0.05) is 12.7 Å². The summed E-state index contributed by atoms with van der Waals surface area (Å²) in [6.45, 7) is 2.73. The largest absolute Gasteiger partial charge is 0.490 e. The van der Waals surface area contributed by atoms with Gasteiger partial charge in [0.2, 0.25) is 0 Å². The zero-order valence-corrected chi connectivity index (χ0v) is 9.81. The summed E-state index contributed by atoms with van der Waals surface area (Å²) in [5, 5.41) is 3.04. The van der Waals surface area contributed by atoms with Crippen molar-refractivity contribution >= 4 is 12.0 Å². The lowest BCUT2D eigenvalue weighted by molar-refractivity contribution is 0.362. The van der Waals surface area contributed by atoms with Gasteiger partial charge in [-0.15, -0.1) is 0 Å². The van der Waals surface area contributed by atoms with Gasteiger partial charge in [-0.05, 0) is 30.7 Å². The Hall–Kier alpha value is -1.77. The molecule has 0 saturated heterocycles. The second-order valence-electron chi connectivity index (χ2n) is 3.25. The fraction of sp³-hybridized carbons (Fsp3) is 0.308. The van der Waals surface area contributed by atoms with E-state index in [4.69, 9.17) is 4.74 Å². The normalized spacial score (nSPS) is 11.1. The average molecular weight is 218 g/mol. The summed E-state index contributed by atoms with van der Waals surface area (Å²) in [6, 6.07) is 7.79. The summed E-state index contributed by atoms with van der Waals surface area (Å²) in [5.41, 5.74) is 1.00. The minimum atomic E-state index is 0.622. The molecule has 3 heteroatoms. The number of aliphatic imine (C=N–C) groups is 1. The molecule has 0 amide bonds. The molecule has 0 aliphatic carbocycles. The number of allylic oxidation sites excluding steroid dienone is 1. The number of benzene rings is 1. The highest BCUT2D eigenvalue weighted by molar-refractivity contribution is 5.75. The van der Waals surface area contributed by atoms with Crippen LogP contribution in [0.3, 0.4) is 0 Å².